The highest BCUT2D eigenvalue weighted by molar-refractivity contribution is 7.91. The second-order valence-corrected chi connectivity index (χ2v) is 6.27. The average Bonchev–Trinajstić information content (AvgIpc) is 1.79. The number of amides is 1. The number of hydrogen-bond acceptors (Lipinski definition) is 4. The first-order valence-corrected chi connectivity index (χ1v) is 6.35. The van der Waals surface area contributed by atoms with E-state index in [1.807, 2.05) is 0 Å². The van der Waals surface area contributed by atoms with Crippen LogP contribution in [0.25, 0.3) is 0 Å². The van der Waals surface area contributed by atoms with Crippen molar-refractivity contribution in [1.82, 2.24) is 5.32 Å². The minimum absolute atomic E-state index is 0.244. The van der Waals surface area contributed by atoms with Crippen LogP contribution in [-0.4, -0.2) is 37.9 Å². The van der Waals surface area contributed by atoms with Crippen LogP contribution in [0.3, 0.4) is 0 Å². The lowest BCUT2D eigenvalue weighted by molar-refractivity contribution is -0.120. The standard InChI is InChI=1S/C8H18N2O3S/c1-6(9)8(2,3)10-7(11)5-14(4,12)13/h6H,5,9H2,1-4H3,(H,10,11). The normalized spacial score (nSPS) is 14.9. The number of rotatable bonds is 4. The lowest BCUT2D eigenvalue weighted by Gasteiger charge is -2.30. The van der Waals surface area contributed by atoms with Gasteiger partial charge in [-0.15, -0.1) is 0 Å². The Bertz CT molecular complexity index is 307. The lowest BCUT2D eigenvalue weighted by Crippen LogP contribution is -2.55. The van der Waals surface area contributed by atoms with Gasteiger partial charge >= 0.3 is 0 Å². The molecule has 3 N–H and O–H groups in total. The molecule has 0 aliphatic rings. The Kier molecular flexibility index (Phi) is 4.08. The molecule has 14 heavy (non-hydrogen) atoms. The molecule has 0 saturated heterocycles. The fraction of sp³-hybridized carbons (Fsp3) is 0.875. The molecule has 0 saturated carbocycles. The molecule has 1 amide bonds. The van der Waals surface area contributed by atoms with Crippen LogP contribution < -0.4 is 11.1 Å². The van der Waals surface area contributed by atoms with Gasteiger partial charge in [0.15, 0.2) is 9.84 Å². The monoisotopic (exact) mass is 222 g/mol. The lowest BCUT2D eigenvalue weighted by atomic mass is 9.97. The molecule has 0 aliphatic carbocycles. The number of sulfone groups is 1. The maximum absolute atomic E-state index is 11.2. The van der Waals surface area contributed by atoms with E-state index in [4.69, 9.17) is 5.73 Å². The highest BCUT2D eigenvalue weighted by Gasteiger charge is 2.25. The van der Waals surface area contributed by atoms with E-state index in [1.165, 1.54) is 0 Å². The van der Waals surface area contributed by atoms with Crippen molar-refractivity contribution in [2.45, 2.75) is 32.4 Å². The van der Waals surface area contributed by atoms with E-state index in [2.05, 4.69) is 5.32 Å². The predicted molar refractivity (Wildman–Crippen MR) is 55.6 cm³/mol. The number of carbonyl (C=O) groups excluding carboxylic acids is 1. The molecule has 0 fully saturated rings. The van der Waals surface area contributed by atoms with E-state index in [0.29, 0.717) is 0 Å². The van der Waals surface area contributed by atoms with Gasteiger partial charge in [-0.2, -0.15) is 0 Å². The Hall–Kier alpha value is -0.620. The van der Waals surface area contributed by atoms with Crippen LogP contribution >= 0.6 is 0 Å². The van der Waals surface area contributed by atoms with Crippen LogP contribution in [0.2, 0.25) is 0 Å². The molecule has 0 rings (SSSR count). The van der Waals surface area contributed by atoms with Crippen LogP contribution in [0.4, 0.5) is 0 Å². The average molecular weight is 222 g/mol. The van der Waals surface area contributed by atoms with Crippen molar-refractivity contribution >= 4 is 15.7 Å². The van der Waals surface area contributed by atoms with Gasteiger partial charge in [0.25, 0.3) is 0 Å². The molecule has 0 aromatic heterocycles. The molecule has 0 spiro atoms. The summed E-state index contributed by atoms with van der Waals surface area (Å²) < 4.78 is 21.6. The Morgan fingerprint density at radius 3 is 2.21 bits per heavy atom. The molecule has 6 heteroatoms. The number of hydrogen-bond donors (Lipinski definition) is 2. The Balaban J connectivity index is 4.35. The van der Waals surface area contributed by atoms with Crippen LogP contribution in [-0.2, 0) is 14.6 Å². The van der Waals surface area contributed by atoms with E-state index < -0.39 is 27.0 Å². The van der Waals surface area contributed by atoms with Crippen molar-refractivity contribution < 1.29 is 13.2 Å². The molecule has 0 aliphatic heterocycles. The molecule has 1 atom stereocenters. The van der Waals surface area contributed by atoms with Gasteiger partial charge in [-0.1, -0.05) is 0 Å². The minimum atomic E-state index is -3.27. The van der Waals surface area contributed by atoms with E-state index in [9.17, 15) is 13.2 Å². The fourth-order valence-corrected chi connectivity index (χ4v) is 1.30. The molecule has 0 aromatic carbocycles. The third kappa shape index (κ3) is 5.18. The first kappa shape index (κ1) is 13.4. The van der Waals surface area contributed by atoms with Crippen molar-refractivity contribution in [2.75, 3.05) is 12.0 Å². The topological polar surface area (TPSA) is 89.3 Å². The van der Waals surface area contributed by atoms with Gasteiger partial charge in [-0.25, -0.2) is 8.42 Å². The highest BCUT2D eigenvalue weighted by atomic mass is 32.2. The number of nitrogens with one attached hydrogen (secondary N) is 1. The Labute approximate surface area is 85.0 Å². The summed E-state index contributed by atoms with van der Waals surface area (Å²) in [6.07, 6.45) is 1.02. The summed E-state index contributed by atoms with van der Waals surface area (Å²) in [5.41, 5.74) is 5.02. The first-order chi connectivity index (χ1) is 6.04. The van der Waals surface area contributed by atoms with Crippen molar-refractivity contribution in [3.05, 3.63) is 0 Å². The largest absolute Gasteiger partial charge is 0.349 e. The van der Waals surface area contributed by atoms with Crippen LogP contribution in [0, 0.1) is 0 Å². The summed E-state index contributed by atoms with van der Waals surface area (Å²) in [5.74, 6) is -1.02. The van der Waals surface area contributed by atoms with Crippen molar-refractivity contribution in [2.24, 2.45) is 5.73 Å². The Morgan fingerprint density at radius 2 is 1.93 bits per heavy atom. The molecule has 1 unspecified atom stereocenters. The zero-order valence-electron chi connectivity index (χ0n) is 8.99. The van der Waals surface area contributed by atoms with E-state index in [0.717, 1.165) is 6.26 Å². The second-order valence-electron chi connectivity index (χ2n) is 4.13. The number of nitrogens with two attached hydrogens (primary N) is 1. The molecule has 0 bridgehead atoms. The van der Waals surface area contributed by atoms with E-state index in [-0.39, 0.29) is 6.04 Å². The van der Waals surface area contributed by atoms with Gasteiger partial charge in [0.1, 0.15) is 5.75 Å². The van der Waals surface area contributed by atoms with Gasteiger partial charge in [-0.3, -0.25) is 4.79 Å². The molecule has 0 radical (unpaired) electrons. The third-order valence-corrected chi connectivity index (χ3v) is 2.78. The maximum atomic E-state index is 11.2. The molecule has 0 heterocycles. The third-order valence-electron chi connectivity index (χ3n) is 1.99. The summed E-state index contributed by atoms with van der Waals surface area (Å²) in [5, 5.41) is 2.57. The molecule has 5 nitrogen and oxygen atoms in total. The van der Waals surface area contributed by atoms with Gasteiger partial charge in [0.2, 0.25) is 5.91 Å². The molecule has 0 aromatic rings. The summed E-state index contributed by atoms with van der Waals surface area (Å²) >= 11 is 0. The number of carbonyl (C=O) groups is 1. The van der Waals surface area contributed by atoms with Crippen molar-refractivity contribution in [3.63, 3.8) is 0 Å². The second kappa shape index (κ2) is 4.27. The summed E-state index contributed by atoms with van der Waals surface area (Å²) in [6, 6.07) is -0.244. The summed E-state index contributed by atoms with van der Waals surface area (Å²) in [6.45, 7) is 5.25. The van der Waals surface area contributed by atoms with Crippen molar-refractivity contribution in [3.8, 4) is 0 Å². The van der Waals surface area contributed by atoms with Crippen LogP contribution in [0.15, 0.2) is 0 Å². The summed E-state index contributed by atoms with van der Waals surface area (Å²) in [7, 11) is -3.27. The Morgan fingerprint density at radius 1 is 1.50 bits per heavy atom. The summed E-state index contributed by atoms with van der Waals surface area (Å²) in [4.78, 5) is 11.2. The van der Waals surface area contributed by atoms with Gasteiger partial charge in [0, 0.05) is 17.8 Å². The van der Waals surface area contributed by atoms with E-state index in [1.54, 1.807) is 20.8 Å². The predicted octanol–water partition coefficient (Wildman–Crippen LogP) is -0.727. The van der Waals surface area contributed by atoms with Crippen LogP contribution in [0.5, 0.6) is 0 Å². The van der Waals surface area contributed by atoms with Gasteiger partial charge in [0.05, 0.1) is 0 Å². The smallest absolute Gasteiger partial charge is 0.235 e. The quantitative estimate of drug-likeness (QED) is 0.656. The molecular weight excluding hydrogens is 204 g/mol. The highest BCUT2D eigenvalue weighted by Crippen LogP contribution is 2.05. The van der Waals surface area contributed by atoms with Gasteiger partial charge in [-0.05, 0) is 20.8 Å². The molecule has 84 valence electrons. The van der Waals surface area contributed by atoms with Gasteiger partial charge < -0.3 is 11.1 Å². The zero-order valence-corrected chi connectivity index (χ0v) is 9.81. The van der Waals surface area contributed by atoms with E-state index >= 15 is 0 Å². The van der Waals surface area contributed by atoms with Crippen molar-refractivity contribution in [1.29, 1.82) is 0 Å². The van der Waals surface area contributed by atoms with Crippen LogP contribution in [0.1, 0.15) is 20.8 Å². The zero-order chi connectivity index (χ0) is 11.6. The first-order valence-electron chi connectivity index (χ1n) is 4.29. The fourth-order valence-electron chi connectivity index (χ4n) is 0.747. The SMILES string of the molecule is CC(N)C(C)(C)NC(=O)CS(C)(=O)=O. The minimum Gasteiger partial charge on any atom is -0.349 e. The molecular formula is C8H18N2O3S. The maximum Gasteiger partial charge on any atom is 0.235 e.